The summed E-state index contributed by atoms with van der Waals surface area (Å²) in [6.07, 6.45) is 0.536. The van der Waals surface area contributed by atoms with Crippen LogP contribution < -0.4 is 0 Å². The number of hydrogen-bond donors (Lipinski definition) is 1. The Labute approximate surface area is 64.2 Å². The summed E-state index contributed by atoms with van der Waals surface area (Å²) < 4.78 is 4.91. The quantitative estimate of drug-likeness (QED) is 0.661. The summed E-state index contributed by atoms with van der Waals surface area (Å²) in [6.45, 7) is 7.72. The Balaban J connectivity index is 0. The summed E-state index contributed by atoms with van der Waals surface area (Å²) in [6, 6.07) is 0. The third kappa shape index (κ3) is 6.05. The fourth-order valence-electron chi connectivity index (χ4n) is 0.705. The normalized spacial score (nSPS) is 15.0. The summed E-state index contributed by atoms with van der Waals surface area (Å²) >= 11 is 0. The fourth-order valence-corrected chi connectivity index (χ4v) is 0.705. The Morgan fingerprint density at radius 2 is 1.80 bits per heavy atom. The minimum absolute atomic E-state index is 0.00926. The maximum atomic E-state index is 8.89. The van der Waals surface area contributed by atoms with E-state index in [1.54, 1.807) is 14.0 Å². The van der Waals surface area contributed by atoms with E-state index >= 15 is 0 Å². The molecule has 0 aliphatic rings. The first kappa shape index (κ1) is 12.6. The van der Waals surface area contributed by atoms with Gasteiger partial charge in [-0.3, -0.25) is 0 Å². The second-order valence-corrected chi connectivity index (χ2v) is 1.92. The van der Waals surface area contributed by atoms with Gasteiger partial charge in [0.2, 0.25) is 0 Å². The van der Waals surface area contributed by atoms with Gasteiger partial charge < -0.3 is 9.84 Å². The largest absolute Gasteiger partial charge is 0.391 e. The second kappa shape index (κ2) is 8.92. The van der Waals surface area contributed by atoms with Gasteiger partial charge in [-0.15, -0.1) is 0 Å². The Morgan fingerprint density at radius 1 is 1.40 bits per heavy atom. The number of ether oxygens (including phenoxy) is 1. The Morgan fingerprint density at radius 3 is 1.80 bits per heavy atom. The van der Waals surface area contributed by atoms with Gasteiger partial charge in [0.25, 0.3) is 0 Å². The van der Waals surface area contributed by atoms with E-state index in [9.17, 15) is 0 Å². The van der Waals surface area contributed by atoms with Crippen LogP contribution in [0.4, 0.5) is 0 Å². The zero-order chi connectivity index (χ0) is 8.57. The molecule has 0 aliphatic carbocycles. The predicted octanol–water partition coefficient (Wildman–Crippen LogP) is 1.82. The molecule has 0 amide bonds. The van der Waals surface area contributed by atoms with E-state index in [1.807, 2.05) is 20.8 Å². The molecular weight excluding hydrogens is 128 g/mol. The lowest BCUT2D eigenvalue weighted by Gasteiger charge is -2.14. The Bertz CT molecular complexity index is 49.2. The van der Waals surface area contributed by atoms with Crippen LogP contribution in [-0.2, 0) is 4.74 Å². The average Bonchev–Trinajstić information content (AvgIpc) is 1.94. The van der Waals surface area contributed by atoms with Crippen LogP contribution in [-0.4, -0.2) is 24.4 Å². The molecule has 2 unspecified atom stereocenters. The highest BCUT2D eigenvalue weighted by Gasteiger charge is 2.09. The molecule has 0 aromatic heterocycles. The van der Waals surface area contributed by atoms with Crippen LogP contribution in [0.3, 0.4) is 0 Å². The third-order valence-electron chi connectivity index (χ3n) is 1.24. The minimum Gasteiger partial charge on any atom is -0.391 e. The monoisotopic (exact) mass is 148 g/mol. The molecule has 1 N–H and O–H groups in total. The van der Waals surface area contributed by atoms with Crippen molar-refractivity contribution in [1.82, 2.24) is 0 Å². The molecule has 2 nitrogen and oxygen atoms in total. The van der Waals surface area contributed by atoms with Crippen LogP contribution in [0.15, 0.2) is 0 Å². The lowest BCUT2D eigenvalue weighted by Crippen LogP contribution is -2.23. The average molecular weight is 148 g/mol. The molecule has 64 valence electrons. The molecule has 0 aromatic rings. The van der Waals surface area contributed by atoms with E-state index in [4.69, 9.17) is 9.84 Å². The van der Waals surface area contributed by atoms with Gasteiger partial charge in [0, 0.05) is 7.11 Å². The SMILES string of the molecule is CC.CCC(OC)C(C)O. The fraction of sp³-hybridized carbons (Fsp3) is 1.00. The molecule has 2 atom stereocenters. The summed E-state index contributed by atoms with van der Waals surface area (Å²) in [7, 11) is 1.61. The summed E-state index contributed by atoms with van der Waals surface area (Å²) in [5.74, 6) is 0. The van der Waals surface area contributed by atoms with E-state index in [-0.39, 0.29) is 12.2 Å². The van der Waals surface area contributed by atoms with Crippen LogP contribution >= 0.6 is 0 Å². The van der Waals surface area contributed by atoms with Crippen LogP contribution in [0.2, 0.25) is 0 Å². The lowest BCUT2D eigenvalue weighted by molar-refractivity contribution is -0.00371. The van der Waals surface area contributed by atoms with Crippen molar-refractivity contribution in [2.75, 3.05) is 7.11 Å². The number of aliphatic hydroxyl groups excluding tert-OH is 1. The Kier molecular flexibility index (Phi) is 11.2. The van der Waals surface area contributed by atoms with Gasteiger partial charge in [-0.25, -0.2) is 0 Å². The molecule has 0 radical (unpaired) electrons. The van der Waals surface area contributed by atoms with Crippen molar-refractivity contribution in [2.45, 2.75) is 46.3 Å². The van der Waals surface area contributed by atoms with Crippen LogP contribution in [0.1, 0.15) is 34.1 Å². The smallest absolute Gasteiger partial charge is 0.0824 e. The topological polar surface area (TPSA) is 29.5 Å². The van der Waals surface area contributed by atoms with Crippen molar-refractivity contribution in [3.63, 3.8) is 0 Å². The maximum absolute atomic E-state index is 8.89. The summed E-state index contributed by atoms with van der Waals surface area (Å²) in [4.78, 5) is 0. The van der Waals surface area contributed by atoms with Gasteiger partial charge >= 0.3 is 0 Å². The highest BCUT2D eigenvalue weighted by Crippen LogP contribution is 2.00. The Hall–Kier alpha value is -0.0800. The highest BCUT2D eigenvalue weighted by atomic mass is 16.5. The second-order valence-electron chi connectivity index (χ2n) is 1.92. The molecule has 0 aliphatic heterocycles. The lowest BCUT2D eigenvalue weighted by atomic mass is 10.2. The highest BCUT2D eigenvalue weighted by molar-refractivity contribution is 4.59. The third-order valence-corrected chi connectivity index (χ3v) is 1.24. The summed E-state index contributed by atoms with van der Waals surface area (Å²) in [5, 5.41) is 8.89. The van der Waals surface area contributed by atoms with E-state index in [1.165, 1.54) is 0 Å². The molecule has 10 heavy (non-hydrogen) atoms. The molecular formula is C8H20O2. The molecule has 0 saturated carbocycles. The van der Waals surface area contributed by atoms with Crippen LogP contribution in [0.5, 0.6) is 0 Å². The molecule has 0 bridgehead atoms. The number of aliphatic hydroxyl groups is 1. The number of rotatable bonds is 3. The van der Waals surface area contributed by atoms with E-state index < -0.39 is 0 Å². The van der Waals surface area contributed by atoms with Crippen LogP contribution in [0, 0.1) is 0 Å². The van der Waals surface area contributed by atoms with Crippen molar-refractivity contribution in [3.05, 3.63) is 0 Å². The van der Waals surface area contributed by atoms with Crippen LogP contribution in [0.25, 0.3) is 0 Å². The van der Waals surface area contributed by atoms with E-state index in [0.717, 1.165) is 6.42 Å². The standard InChI is InChI=1S/C6H14O2.C2H6/c1-4-6(8-3)5(2)7;1-2/h5-7H,4H2,1-3H3;1-2H3. The number of hydrogen-bond acceptors (Lipinski definition) is 2. The van der Waals surface area contributed by atoms with E-state index in [2.05, 4.69) is 0 Å². The number of methoxy groups -OCH3 is 1. The molecule has 0 spiro atoms. The van der Waals surface area contributed by atoms with Crippen molar-refractivity contribution >= 4 is 0 Å². The van der Waals surface area contributed by atoms with Gasteiger partial charge in [0.15, 0.2) is 0 Å². The van der Waals surface area contributed by atoms with Gasteiger partial charge in [-0.1, -0.05) is 20.8 Å². The van der Waals surface area contributed by atoms with Crippen molar-refractivity contribution in [3.8, 4) is 0 Å². The van der Waals surface area contributed by atoms with Gasteiger partial charge in [-0.05, 0) is 13.3 Å². The zero-order valence-corrected chi connectivity index (χ0v) is 7.72. The first-order valence-electron chi connectivity index (χ1n) is 3.93. The van der Waals surface area contributed by atoms with Crippen molar-refractivity contribution in [1.29, 1.82) is 0 Å². The molecule has 0 heterocycles. The van der Waals surface area contributed by atoms with Crippen molar-refractivity contribution in [2.24, 2.45) is 0 Å². The van der Waals surface area contributed by atoms with Gasteiger partial charge in [-0.2, -0.15) is 0 Å². The predicted molar refractivity (Wildman–Crippen MR) is 44.1 cm³/mol. The molecule has 0 rings (SSSR count). The molecule has 0 saturated heterocycles. The van der Waals surface area contributed by atoms with Crippen molar-refractivity contribution < 1.29 is 9.84 Å². The molecule has 0 fully saturated rings. The first-order chi connectivity index (χ1) is 4.72. The zero-order valence-electron chi connectivity index (χ0n) is 7.72. The van der Waals surface area contributed by atoms with Gasteiger partial charge in [0.05, 0.1) is 12.2 Å². The molecule has 0 aromatic carbocycles. The van der Waals surface area contributed by atoms with E-state index in [0.29, 0.717) is 0 Å². The van der Waals surface area contributed by atoms with Gasteiger partial charge in [0.1, 0.15) is 0 Å². The summed E-state index contributed by atoms with van der Waals surface area (Å²) in [5.41, 5.74) is 0. The minimum atomic E-state index is -0.343. The first-order valence-corrected chi connectivity index (χ1v) is 3.93. The molecule has 2 heteroatoms. The maximum Gasteiger partial charge on any atom is 0.0824 e.